The lowest BCUT2D eigenvalue weighted by Gasteiger charge is -2.34. The number of rotatable bonds is 6. The first-order valence-electron chi connectivity index (χ1n) is 6.75. The second-order valence-corrected chi connectivity index (χ2v) is 5.36. The lowest BCUT2D eigenvalue weighted by molar-refractivity contribution is 0.0387. The molecule has 3 unspecified atom stereocenters. The van der Waals surface area contributed by atoms with Crippen LogP contribution < -0.4 is 11.3 Å². The van der Waals surface area contributed by atoms with Crippen molar-refractivity contribution in [3.8, 4) is 0 Å². The van der Waals surface area contributed by atoms with Gasteiger partial charge in [-0.25, -0.2) is 0 Å². The first-order valence-corrected chi connectivity index (χ1v) is 6.75. The van der Waals surface area contributed by atoms with Crippen molar-refractivity contribution in [3.63, 3.8) is 0 Å². The molecule has 3 heteroatoms. The average molecular weight is 228 g/mol. The average Bonchev–Trinajstić information content (AvgIpc) is 2.30. The van der Waals surface area contributed by atoms with E-state index in [1.54, 1.807) is 0 Å². The van der Waals surface area contributed by atoms with Crippen LogP contribution in [0.15, 0.2) is 0 Å². The fourth-order valence-corrected chi connectivity index (χ4v) is 2.69. The molecule has 0 bridgehead atoms. The molecule has 0 spiro atoms. The predicted octanol–water partition coefficient (Wildman–Crippen LogP) is 2.46. The number of hydrogen-bond donors (Lipinski definition) is 2. The Labute approximate surface area is 100 Å². The fourth-order valence-electron chi connectivity index (χ4n) is 2.69. The van der Waals surface area contributed by atoms with Gasteiger partial charge >= 0.3 is 0 Å². The maximum atomic E-state index is 5.67. The predicted molar refractivity (Wildman–Crippen MR) is 67.9 cm³/mol. The zero-order valence-corrected chi connectivity index (χ0v) is 11.0. The number of ether oxygens (including phenoxy) is 1. The highest BCUT2D eigenvalue weighted by Gasteiger charge is 2.27. The van der Waals surface area contributed by atoms with Gasteiger partial charge in [-0.05, 0) is 38.5 Å². The number of hydrogen-bond acceptors (Lipinski definition) is 3. The van der Waals surface area contributed by atoms with Crippen LogP contribution in [0.3, 0.4) is 0 Å². The van der Waals surface area contributed by atoms with E-state index >= 15 is 0 Å². The molecule has 1 rings (SSSR count). The van der Waals surface area contributed by atoms with E-state index in [2.05, 4.69) is 26.2 Å². The van der Waals surface area contributed by atoms with Crippen molar-refractivity contribution >= 4 is 0 Å². The molecule has 1 aliphatic rings. The van der Waals surface area contributed by atoms with Crippen LogP contribution in [0.25, 0.3) is 0 Å². The van der Waals surface area contributed by atoms with Crippen LogP contribution in [-0.4, -0.2) is 18.8 Å². The third-order valence-electron chi connectivity index (χ3n) is 3.79. The van der Waals surface area contributed by atoms with E-state index in [0.717, 1.165) is 12.5 Å². The number of nitrogens with one attached hydrogen (secondary N) is 1. The van der Waals surface area contributed by atoms with E-state index in [4.69, 9.17) is 10.6 Å². The molecule has 0 heterocycles. The summed E-state index contributed by atoms with van der Waals surface area (Å²) in [5.74, 6) is 7.24. The van der Waals surface area contributed by atoms with E-state index in [1.165, 1.54) is 32.1 Å². The number of hydrazine groups is 1. The summed E-state index contributed by atoms with van der Waals surface area (Å²) >= 11 is 0. The zero-order valence-electron chi connectivity index (χ0n) is 11.0. The van der Waals surface area contributed by atoms with Gasteiger partial charge in [0.25, 0.3) is 0 Å². The summed E-state index contributed by atoms with van der Waals surface area (Å²) < 4.78 is 5.67. The molecule has 0 aliphatic heterocycles. The van der Waals surface area contributed by atoms with Gasteiger partial charge in [-0.2, -0.15) is 0 Å². The van der Waals surface area contributed by atoms with E-state index in [-0.39, 0.29) is 0 Å². The monoisotopic (exact) mass is 228 g/mol. The van der Waals surface area contributed by atoms with Crippen LogP contribution >= 0.6 is 0 Å². The highest BCUT2D eigenvalue weighted by Crippen LogP contribution is 2.32. The van der Waals surface area contributed by atoms with Gasteiger partial charge in [0, 0.05) is 6.04 Å². The topological polar surface area (TPSA) is 47.3 Å². The lowest BCUT2D eigenvalue weighted by Crippen LogP contribution is -2.46. The highest BCUT2D eigenvalue weighted by atomic mass is 16.5. The first-order chi connectivity index (χ1) is 7.67. The first kappa shape index (κ1) is 13.9. The molecular weight excluding hydrogens is 200 g/mol. The summed E-state index contributed by atoms with van der Waals surface area (Å²) in [4.78, 5) is 0. The van der Waals surface area contributed by atoms with Crippen molar-refractivity contribution in [2.24, 2.45) is 17.7 Å². The Balaban J connectivity index is 2.38. The summed E-state index contributed by atoms with van der Waals surface area (Å²) in [6.45, 7) is 7.18. The normalized spacial score (nSPS) is 28.3. The minimum atomic E-state index is 0.293. The molecule has 0 aromatic heterocycles. The van der Waals surface area contributed by atoms with Crippen molar-refractivity contribution in [2.75, 3.05) is 6.61 Å². The molecule has 0 saturated heterocycles. The third-order valence-corrected chi connectivity index (χ3v) is 3.79. The molecule has 1 saturated carbocycles. The van der Waals surface area contributed by atoms with E-state index in [9.17, 15) is 0 Å². The van der Waals surface area contributed by atoms with Crippen LogP contribution in [0, 0.1) is 11.8 Å². The Hall–Kier alpha value is -0.120. The second-order valence-electron chi connectivity index (χ2n) is 5.36. The molecule has 3 nitrogen and oxygen atoms in total. The van der Waals surface area contributed by atoms with Crippen molar-refractivity contribution in [1.29, 1.82) is 0 Å². The lowest BCUT2D eigenvalue weighted by atomic mass is 9.77. The summed E-state index contributed by atoms with van der Waals surface area (Å²) in [5, 5.41) is 0. The van der Waals surface area contributed by atoms with Gasteiger partial charge in [-0.1, -0.05) is 26.2 Å². The molecule has 16 heavy (non-hydrogen) atoms. The van der Waals surface area contributed by atoms with Gasteiger partial charge in [0.1, 0.15) is 0 Å². The van der Waals surface area contributed by atoms with Gasteiger partial charge in [0.2, 0.25) is 0 Å². The van der Waals surface area contributed by atoms with Gasteiger partial charge in [-0.3, -0.25) is 11.3 Å². The van der Waals surface area contributed by atoms with Crippen molar-refractivity contribution in [1.82, 2.24) is 5.43 Å². The highest BCUT2D eigenvalue weighted by molar-refractivity contribution is 4.81. The quantitative estimate of drug-likeness (QED) is 0.542. The molecule has 3 N–H and O–H groups in total. The molecule has 0 aromatic rings. The Kier molecular flexibility index (Phi) is 6.32. The minimum Gasteiger partial charge on any atom is -0.377 e. The van der Waals surface area contributed by atoms with Gasteiger partial charge in [0.05, 0.1) is 12.7 Å². The Bertz CT molecular complexity index is 185. The largest absolute Gasteiger partial charge is 0.377 e. The standard InChI is InChI=1S/C13H28N2O/c1-4-11-6-5-7-12(8-11)13(15-14)9-16-10(2)3/h10-13,15H,4-9,14H2,1-3H3. The molecule has 1 fully saturated rings. The molecule has 0 aromatic carbocycles. The summed E-state index contributed by atoms with van der Waals surface area (Å²) in [7, 11) is 0. The van der Waals surface area contributed by atoms with E-state index < -0.39 is 0 Å². The van der Waals surface area contributed by atoms with Crippen molar-refractivity contribution in [2.45, 2.75) is 65.0 Å². The zero-order chi connectivity index (χ0) is 12.0. The van der Waals surface area contributed by atoms with Crippen LogP contribution in [0.5, 0.6) is 0 Å². The molecule has 0 amide bonds. The maximum absolute atomic E-state index is 5.67. The summed E-state index contributed by atoms with van der Waals surface area (Å²) in [6.07, 6.45) is 6.96. The fraction of sp³-hybridized carbons (Fsp3) is 1.00. The molecule has 1 aliphatic carbocycles. The molecule has 3 atom stereocenters. The van der Waals surface area contributed by atoms with Crippen LogP contribution in [0.4, 0.5) is 0 Å². The van der Waals surface area contributed by atoms with Gasteiger partial charge < -0.3 is 4.74 Å². The van der Waals surface area contributed by atoms with E-state index in [0.29, 0.717) is 18.1 Å². The number of nitrogens with two attached hydrogens (primary N) is 1. The maximum Gasteiger partial charge on any atom is 0.0639 e. The molecule has 0 radical (unpaired) electrons. The third kappa shape index (κ3) is 4.40. The molecular formula is C13H28N2O. The molecule has 96 valence electrons. The van der Waals surface area contributed by atoms with Crippen molar-refractivity contribution < 1.29 is 4.74 Å². The SMILES string of the molecule is CCC1CCCC(C(COC(C)C)NN)C1. The van der Waals surface area contributed by atoms with Crippen LogP contribution in [-0.2, 0) is 4.74 Å². The van der Waals surface area contributed by atoms with E-state index in [1.807, 2.05) is 0 Å². The minimum absolute atomic E-state index is 0.293. The summed E-state index contributed by atoms with van der Waals surface area (Å²) in [5.41, 5.74) is 2.95. The Morgan fingerprint density at radius 1 is 1.38 bits per heavy atom. The van der Waals surface area contributed by atoms with Gasteiger partial charge in [0.15, 0.2) is 0 Å². The Morgan fingerprint density at radius 2 is 2.12 bits per heavy atom. The van der Waals surface area contributed by atoms with Crippen molar-refractivity contribution in [3.05, 3.63) is 0 Å². The van der Waals surface area contributed by atoms with Gasteiger partial charge in [-0.15, -0.1) is 0 Å². The summed E-state index contributed by atoms with van der Waals surface area (Å²) in [6, 6.07) is 0.330. The van der Waals surface area contributed by atoms with Crippen LogP contribution in [0.1, 0.15) is 52.9 Å². The van der Waals surface area contributed by atoms with Crippen LogP contribution in [0.2, 0.25) is 0 Å². The smallest absolute Gasteiger partial charge is 0.0639 e. The second kappa shape index (κ2) is 7.25. The Morgan fingerprint density at radius 3 is 2.69 bits per heavy atom.